The Hall–Kier alpha value is -2.37. The van der Waals surface area contributed by atoms with Crippen molar-refractivity contribution in [3.63, 3.8) is 0 Å². The van der Waals surface area contributed by atoms with E-state index in [0.29, 0.717) is 12.1 Å². The number of piperidine rings is 1. The Kier molecular flexibility index (Phi) is 4.09. The molecule has 0 radical (unpaired) electrons. The van der Waals surface area contributed by atoms with Crippen molar-refractivity contribution in [3.05, 3.63) is 42.4 Å². The molecule has 2 aromatic rings. The molecule has 3 heterocycles. The van der Waals surface area contributed by atoms with Gasteiger partial charge in [0.25, 0.3) is 5.91 Å². The Bertz CT molecular complexity index is 638. The predicted molar refractivity (Wildman–Crippen MR) is 85.0 cm³/mol. The maximum Gasteiger partial charge on any atom is 0.254 e. The summed E-state index contributed by atoms with van der Waals surface area (Å²) in [5.41, 5.74) is 0.694. The topological polar surface area (TPSA) is 54.3 Å². The molecule has 116 valence electrons. The second-order valence-electron chi connectivity index (χ2n) is 5.83. The predicted octanol–water partition coefficient (Wildman–Crippen LogP) is 1.82. The third kappa shape index (κ3) is 2.95. The van der Waals surface area contributed by atoms with Gasteiger partial charge in [0.1, 0.15) is 5.82 Å². The second kappa shape index (κ2) is 6.17. The molecule has 1 fully saturated rings. The molecule has 1 aliphatic heterocycles. The van der Waals surface area contributed by atoms with Gasteiger partial charge in [-0.3, -0.25) is 9.48 Å². The smallest absolute Gasteiger partial charge is 0.254 e. The van der Waals surface area contributed by atoms with E-state index in [2.05, 4.69) is 10.1 Å². The summed E-state index contributed by atoms with van der Waals surface area (Å²) in [7, 11) is 3.84. The first-order valence-electron chi connectivity index (χ1n) is 7.57. The number of rotatable bonds is 3. The first kappa shape index (κ1) is 14.6. The van der Waals surface area contributed by atoms with E-state index in [1.165, 1.54) is 0 Å². The molecule has 2 aromatic heterocycles. The molecule has 0 aliphatic carbocycles. The molecule has 0 N–H and O–H groups in total. The Morgan fingerprint density at radius 3 is 2.95 bits per heavy atom. The van der Waals surface area contributed by atoms with Gasteiger partial charge < -0.3 is 9.80 Å². The van der Waals surface area contributed by atoms with Crippen LogP contribution in [-0.4, -0.2) is 52.8 Å². The van der Waals surface area contributed by atoms with Gasteiger partial charge in [0, 0.05) is 51.3 Å². The Labute approximate surface area is 130 Å². The van der Waals surface area contributed by atoms with Crippen LogP contribution in [0, 0.1) is 0 Å². The third-order valence-electron chi connectivity index (χ3n) is 4.03. The summed E-state index contributed by atoms with van der Waals surface area (Å²) in [4.78, 5) is 20.8. The first-order valence-corrected chi connectivity index (χ1v) is 7.57. The second-order valence-corrected chi connectivity index (χ2v) is 5.83. The first-order chi connectivity index (χ1) is 10.6. The lowest BCUT2D eigenvalue weighted by molar-refractivity contribution is 0.0673. The monoisotopic (exact) mass is 299 g/mol. The van der Waals surface area contributed by atoms with Gasteiger partial charge in [-0.1, -0.05) is 0 Å². The maximum absolute atomic E-state index is 12.7. The van der Waals surface area contributed by atoms with Gasteiger partial charge >= 0.3 is 0 Å². The van der Waals surface area contributed by atoms with Crippen molar-refractivity contribution in [1.82, 2.24) is 19.7 Å². The largest absolute Gasteiger partial charge is 0.363 e. The summed E-state index contributed by atoms with van der Waals surface area (Å²) in [6, 6.07) is 5.82. The van der Waals surface area contributed by atoms with E-state index in [0.717, 1.165) is 25.2 Å². The summed E-state index contributed by atoms with van der Waals surface area (Å²) in [5, 5.41) is 4.31. The summed E-state index contributed by atoms with van der Waals surface area (Å²) >= 11 is 0. The lowest BCUT2D eigenvalue weighted by atomic mass is 10.0. The fourth-order valence-corrected chi connectivity index (χ4v) is 2.83. The highest BCUT2D eigenvalue weighted by atomic mass is 16.2. The van der Waals surface area contributed by atoms with Gasteiger partial charge in [-0.25, -0.2) is 4.98 Å². The standard InChI is InChI=1S/C16H21N5O/c1-19(2)15-11-13(6-8-17-15)16(22)20-9-3-5-14(12-20)21-10-4-7-18-21/h4,6-8,10-11,14H,3,5,9,12H2,1-2H3/t14-/m1/s1. The number of carbonyl (C=O) groups excluding carboxylic acids is 1. The van der Waals surface area contributed by atoms with E-state index in [4.69, 9.17) is 0 Å². The van der Waals surface area contributed by atoms with Gasteiger partial charge in [-0.15, -0.1) is 0 Å². The number of aromatic nitrogens is 3. The highest BCUT2D eigenvalue weighted by molar-refractivity contribution is 5.94. The minimum atomic E-state index is 0.0716. The van der Waals surface area contributed by atoms with Gasteiger partial charge in [0.05, 0.1) is 6.04 Å². The van der Waals surface area contributed by atoms with Gasteiger partial charge in [-0.05, 0) is 31.0 Å². The zero-order valence-electron chi connectivity index (χ0n) is 13.0. The zero-order chi connectivity index (χ0) is 15.5. The summed E-state index contributed by atoms with van der Waals surface area (Å²) in [5.74, 6) is 0.869. The number of hydrogen-bond donors (Lipinski definition) is 0. The van der Waals surface area contributed by atoms with E-state index >= 15 is 0 Å². The lowest BCUT2D eigenvalue weighted by Gasteiger charge is -2.33. The summed E-state index contributed by atoms with van der Waals surface area (Å²) in [6.45, 7) is 1.51. The normalized spacial score (nSPS) is 18.3. The number of hydrogen-bond acceptors (Lipinski definition) is 4. The average molecular weight is 299 g/mol. The minimum absolute atomic E-state index is 0.0716. The van der Waals surface area contributed by atoms with Crippen LogP contribution in [0.4, 0.5) is 5.82 Å². The van der Waals surface area contributed by atoms with Crippen molar-refractivity contribution in [2.45, 2.75) is 18.9 Å². The molecule has 6 nitrogen and oxygen atoms in total. The van der Waals surface area contributed by atoms with E-state index in [1.54, 1.807) is 18.5 Å². The zero-order valence-corrected chi connectivity index (χ0v) is 13.0. The molecule has 1 saturated heterocycles. The molecule has 0 bridgehead atoms. The molecule has 1 atom stereocenters. The van der Waals surface area contributed by atoms with Gasteiger partial charge in [0.2, 0.25) is 0 Å². The molecular formula is C16H21N5O. The average Bonchev–Trinajstić information content (AvgIpc) is 3.09. The highest BCUT2D eigenvalue weighted by Crippen LogP contribution is 2.22. The fourth-order valence-electron chi connectivity index (χ4n) is 2.83. The van der Waals surface area contributed by atoms with Crippen molar-refractivity contribution in [1.29, 1.82) is 0 Å². The van der Waals surface area contributed by atoms with Crippen LogP contribution in [0.25, 0.3) is 0 Å². The van der Waals surface area contributed by atoms with Crippen molar-refractivity contribution in [2.75, 3.05) is 32.1 Å². The number of likely N-dealkylation sites (tertiary alicyclic amines) is 1. The number of carbonyl (C=O) groups is 1. The summed E-state index contributed by atoms with van der Waals surface area (Å²) < 4.78 is 1.96. The van der Waals surface area contributed by atoms with Gasteiger partial charge in [-0.2, -0.15) is 5.10 Å². The van der Waals surface area contributed by atoms with Crippen molar-refractivity contribution in [2.24, 2.45) is 0 Å². The number of nitrogens with zero attached hydrogens (tertiary/aromatic N) is 5. The molecule has 6 heteroatoms. The molecule has 1 aliphatic rings. The lowest BCUT2D eigenvalue weighted by Crippen LogP contribution is -2.40. The molecule has 0 aromatic carbocycles. The minimum Gasteiger partial charge on any atom is -0.363 e. The number of amides is 1. The Balaban J connectivity index is 1.75. The van der Waals surface area contributed by atoms with E-state index in [-0.39, 0.29) is 11.9 Å². The van der Waals surface area contributed by atoms with Crippen LogP contribution < -0.4 is 4.90 Å². The van der Waals surface area contributed by atoms with Crippen LogP contribution in [0.5, 0.6) is 0 Å². The molecule has 22 heavy (non-hydrogen) atoms. The Morgan fingerprint density at radius 2 is 2.23 bits per heavy atom. The van der Waals surface area contributed by atoms with Gasteiger partial charge in [0.15, 0.2) is 0 Å². The van der Waals surface area contributed by atoms with E-state index < -0.39 is 0 Å². The highest BCUT2D eigenvalue weighted by Gasteiger charge is 2.25. The molecule has 0 unspecified atom stereocenters. The maximum atomic E-state index is 12.7. The molecule has 0 saturated carbocycles. The van der Waals surface area contributed by atoms with Crippen LogP contribution in [0.15, 0.2) is 36.8 Å². The van der Waals surface area contributed by atoms with Crippen LogP contribution in [0.1, 0.15) is 29.2 Å². The molecule has 1 amide bonds. The third-order valence-corrected chi connectivity index (χ3v) is 4.03. The summed E-state index contributed by atoms with van der Waals surface area (Å²) in [6.07, 6.45) is 7.51. The van der Waals surface area contributed by atoms with Crippen molar-refractivity contribution < 1.29 is 4.79 Å². The molecule has 3 rings (SSSR count). The fraction of sp³-hybridized carbons (Fsp3) is 0.438. The van der Waals surface area contributed by atoms with E-state index in [9.17, 15) is 4.79 Å². The molecule has 0 spiro atoms. The number of pyridine rings is 1. The molecular weight excluding hydrogens is 278 g/mol. The van der Waals surface area contributed by atoms with Crippen LogP contribution in [-0.2, 0) is 0 Å². The SMILES string of the molecule is CN(C)c1cc(C(=O)N2CCC[C@@H](n3cccn3)C2)ccn1. The van der Waals surface area contributed by atoms with Crippen LogP contribution in [0.2, 0.25) is 0 Å². The Morgan fingerprint density at radius 1 is 1.36 bits per heavy atom. The van der Waals surface area contributed by atoms with Crippen LogP contribution in [0.3, 0.4) is 0 Å². The van der Waals surface area contributed by atoms with E-state index in [1.807, 2.05) is 46.9 Å². The quantitative estimate of drug-likeness (QED) is 0.867. The number of anilines is 1. The van der Waals surface area contributed by atoms with Crippen LogP contribution >= 0.6 is 0 Å². The van der Waals surface area contributed by atoms with Crippen molar-refractivity contribution in [3.8, 4) is 0 Å². The van der Waals surface area contributed by atoms with Crippen molar-refractivity contribution >= 4 is 11.7 Å².